The number of ether oxygens (including phenoxy) is 2. The second kappa shape index (κ2) is 18.4. The zero-order chi connectivity index (χ0) is 37.1. The molecule has 0 unspecified atom stereocenters. The van der Waals surface area contributed by atoms with E-state index in [1.165, 1.54) is 19.2 Å². The van der Waals surface area contributed by atoms with Gasteiger partial charge in [0.2, 0.25) is 29.5 Å². The van der Waals surface area contributed by atoms with Crippen LogP contribution in [-0.4, -0.2) is 91.0 Å². The second-order valence-corrected chi connectivity index (χ2v) is 14.1. The zero-order valence-corrected chi connectivity index (χ0v) is 30.3. The first kappa shape index (κ1) is 39.0. The minimum atomic E-state index is -0.835. The molecule has 5 atom stereocenters. The molecule has 0 radical (unpaired) electrons. The van der Waals surface area contributed by atoms with E-state index in [9.17, 15) is 29.1 Å². The van der Waals surface area contributed by atoms with Gasteiger partial charge in [0.15, 0.2) is 11.5 Å². The summed E-state index contributed by atoms with van der Waals surface area (Å²) in [5.74, 6) is -0.113. The van der Waals surface area contributed by atoms with E-state index in [4.69, 9.17) is 9.47 Å². The van der Waals surface area contributed by atoms with Crippen molar-refractivity contribution in [2.24, 2.45) is 11.8 Å². The van der Waals surface area contributed by atoms with Crippen LogP contribution in [0.25, 0.3) is 0 Å². The molecule has 2 aliphatic rings. The van der Waals surface area contributed by atoms with Gasteiger partial charge in [-0.2, -0.15) is 0 Å². The van der Waals surface area contributed by atoms with Crippen molar-refractivity contribution in [3.05, 3.63) is 53.6 Å². The fraction of sp³-hybridized carbons (Fsp3) is 0.553. The van der Waals surface area contributed by atoms with Gasteiger partial charge in [0.1, 0.15) is 17.8 Å². The Kier molecular flexibility index (Phi) is 14.1. The molecule has 2 aliphatic heterocycles. The highest BCUT2D eigenvalue weighted by Gasteiger charge is 2.40. The SMILES string of the molecule is COc1ccc(CC(=O)N[C@@H]2C[C@H]3C(=O)N[C@H](C(C)C)CC[C@@H](C)CC(=O)N[C@@H](Cc4ccc(O)cc4)C(=O)NCCCC(=O)N3C2)cc1OC. The fourth-order valence-electron chi connectivity index (χ4n) is 6.70. The third-order valence-corrected chi connectivity index (χ3v) is 9.63. The normalized spacial score (nSPS) is 24.0. The highest BCUT2D eigenvalue weighted by atomic mass is 16.5. The van der Waals surface area contributed by atoms with Gasteiger partial charge in [-0.05, 0) is 72.9 Å². The van der Waals surface area contributed by atoms with Crippen LogP contribution >= 0.6 is 0 Å². The third-order valence-electron chi connectivity index (χ3n) is 9.63. The first-order valence-electron chi connectivity index (χ1n) is 17.8. The minimum Gasteiger partial charge on any atom is -0.508 e. The van der Waals surface area contributed by atoms with Gasteiger partial charge in [0, 0.05) is 44.4 Å². The molecule has 0 spiro atoms. The number of phenolic OH excluding ortho intramolecular Hbond substituents is 1. The smallest absolute Gasteiger partial charge is 0.243 e. The number of fused-ring (bicyclic) bond motifs is 1. The van der Waals surface area contributed by atoms with E-state index in [0.29, 0.717) is 30.8 Å². The van der Waals surface area contributed by atoms with Crippen LogP contribution in [0.15, 0.2) is 42.5 Å². The fourth-order valence-corrected chi connectivity index (χ4v) is 6.70. The Hall–Kier alpha value is -4.81. The van der Waals surface area contributed by atoms with Crippen LogP contribution in [0.2, 0.25) is 0 Å². The molecule has 0 aromatic heterocycles. The number of hydrogen-bond donors (Lipinski definition) is 5. The minimum absolute atomic E-state index is 0.0192. The lowest BCUT2D eigenvalue weighted by atomic mass is 9.92. The third kappa shape index (κ3) is 11.3. The van der Waals surface area contributed by atoms with E-state index >= 15 is 0 Å². The molecule has 13 heteroatoms. The van der Waals surface area contributed by atoms with Gasteiger partial charge >= 0.3 is 0 Å². The molecular weight excluding hydrogens is 654 g/mol. The maximum atomic E-state index is 13.8. The Morgan fingerprint density at radius 3 is 2.35 bits per heavy atom. The lowest BCUT2D eigenvalue weighted by Gasteiger charge is -2.29. The van der Waals surface area contributed by atoms with E-state index in [1.54, 1.807) is 42.3 Å². The quantitative estimate of drug-likeness (QED) is 0.278. The van der Waals surface area contributed by atoms with Gasteiger partial charge in [0.05, 0.1) is 20.6 Å². The van der Waals surface area contributed by atoms with E-state index in [-0.39, 0.29) is 98.4 Å². The number of benzene rings is 2. The molecule has 2 aromatic rings. The van der Waals surface area contributed by atoms with E-state index in [2.05, 4.69) is 21.3 Å². The van der Waals surface area contributed by atoms with Crippen LogP contribution in [0, 0.1) is 11.8 Å². The average molecular weight is 708 g/mol. The number of hydrogen-bond acceptors (Lipinski definition) is 8. The maximum absolute atomic E-state index is 13.8. The van der Waals surface area contributed by atoms with Crippen LogP contribution in [0.1, 0.15) is 70.4 Å². The Bertz CT molecular complexity index is 1530. The number of carbonyl (C=O) groups excluding carboxylic acids is 5. The van der Waals surface area contributed by atoms with Crippen molar-refractivity contribution in [3.8, 4) is 17.2 Å². The van der Waals surface area contributed by atoms with Gasteiger partial charge in [-0.3, -0.25) is 24.0 Å². The average Bonchev–Trinajstić information content (AvgIpc) is 3.52. The lowest BCUT2D eigenvalue weighted by Crippen LogP contribution is -2.50. The Balaban J connectivity index is 1.48. The van der Waals surface area contributed by atoms with Gasteiger partial charge in [0.25, 0.3) is 0 Å². The number of aromatic hydroxyl groups is 1. The van der Waals surface area contributed by atoms with E-state index in [0.717, 1.165) is 11.1 Å². The summed E-state index contributed by atoms with van der Waals surface area (Å²) >= 11 is 0. The number of phenols is 1. The Morgan fingerprint density at radius 2 is 1.67 bits per heavy atom. The van der Waals surface area contributed by atoms with Crippen molar-refractivity contribution in [2.75, 3.05) is 27.3 Å². The highest BCUT2D eigenvalue weighted by Crippen LogP contribution is 2.28. The van der Waals surface area contributed by atoms with Crippen LogP contribution in [0.5, 0.6) is 17.2 Å². The first-order valence-corrected chi connectivity index (χ1v) is 17.8. The molecule has 278 valence electrons. The summed E-state index contributed by atoms with van der Waals surface area (Å²) in [6.07, 6.45) is 2.49. The summed E-state index contributed by atoms with van der Waals surface area (Å²) in [4.78, 5) is 68.5. The summed E-state index contributed by atoms with van der Waals surface area (Å²) in [7, 11) is 3.07. The molecule has 51 heavy (non-hydrogen) atoms. The predicted molar refractivity (Wildman–Crippen MR) is 191 cm³/mol. The molecule has 2 saturated heterocycles. The molecule has 4 rings (SSSR count). The lowest BCUT2D eigenvalue weighted by molar-refractivity contribution is -0.139. The van der Waals surface area contributed by atoms with Gasteiger partial charge in [-0.1, -0.05) is 39.0 Å². The van der Waals surface area contributed by atoms with Crippen molar-refractivity contribution in [3.63, 3.8) is 0 Å². The Labute approximate surface area is 300 Å². The number of nitrogens with one attached hydrogen (secondary N) is 4. The number of amides is 5. The van der Waals surface area contributed by atoms with Crippen LogP contribution in [0.3, 0.4) is 0 Å². The molecule has 0 bridgehead atoms. The summed E-state index contributed by atoms with van der Waals surface area (Å²) in [5.41, 5.74) is 1.51. The van der Waals surface area contributed by atoms with Crippen LogP contribution in [0.4, 0.5) is 0 Å². The van der Waals surface area contributed by atoms with Gasteiger partial charge in [-0.25, -0.2) is 0 Å². The number of rotatable bonds is 8. The van der Waals surface area contributed by atoms with Gasteiger partial charge < -0.3 is 40.7 Å². The molecule has 5 amide bonds. The zero-order valence-electron chi connectivity index (χ0n) is 30.3. The second-order valence-electron chi connectivity index (χ2n) is 14.1. The van der Waals surface area contributed by atoms with Crippen molar-refractivity contribution >= 4 is 29.5 Å². The molecule has 13 nitrogen and oxygen atoms in total. The number of carbonyl (C=O) groups is 5. The van der Waals surface area contributed by atoms with E-state index < -0.39 is 18.1 Å². The van der Waals surface area contributed by atoms with Crippen molar-refractivity contribution in [1.29, 1.82) is 0 Å². The predicted octanol–water partition coefficient (Wildman–Crippen LogP) is 2.62. The van der Waals surface area contributed by atoms with Crippen molar-refractivity contribution < 1.29 is 38.6 Å². The van der Waals surface area contributed by atoms with E-state index in [1.807, 2.05) is 20.8 Å². The molecule has 2 fully saturated rings. The summed E-state index contributed by atoms with van der Waals surface area (Å²) in [5, 5.41) is 21.6. The van der Waals surface area contributed by atoms with Crippen molar-refractivity contribution in [2.45, 2.75) is 96.3 Å². The standard InChI is InChI=1S/C38H53N5O8/c1-23(2)29-14-8-24(3)17-34(45)41-30(18-25-9-12-28(44)13-10-25)37(48)39-16-6-7-36(47)43-22-27(21-31(43)38(49)42-29)40-35(46)20-26-11-15-32(50-4)33(19-26)51-5/h9-13,15,19,23-24,27,29-31,44H,6-8,14,16-18,20-22H2,1-5H3,(H,39,48)(H,40,46)(H,41,45)(H,42,49)/t24-,27-,29+,30+,31+/m1/s1. The van der Waals surface area contributed by atoms with Crippen LogP contribution < -0.4 is 30.7 Å². The molecule has 2 heterocycles. The van der Waals surface area contributed by atoms with Crippen LogP contribution in [-0.2, 0) is 36.8 Å². The number of nitrogens with zero attached hydrogens (tertiary/aromatic N) is 1. The van der Waals surface area contributed by atoms with Crippen molar-refractivity contribution in [1.82, 2.24) is 26.2 Å². The monoisotopic (exact) mass is 707 g/mol. The molecule has 2 aromatic carbocycles. The van der Waals surface area contributed by atoms with Gasteiger partial charge in [-0.15, -0.1) is 0 Å². The first-order chi connectivity index (χ1) is 24.4. The molecule has 0 saturated carbocycles. The molecular formula is C38H53N5O8. The molecule has 5 N–H and O–H groups in total. The largest absolute Gasteiger partial charge is 0.508 e. The summed E-state index contributed by atoms with van der Waals surface area (Å²) in [6, 6.07) is 9.54. The molecule has 0 aliphatic carbocycles. The highest BCUT2D eigenvalue weighted by molar-refractivity contribution is 5.90. The maximum Gasteiger partial charge on any atom is 0.243 e. The summed E-state index contributed by atoms with van der Waals surface area (Å²) in [6.45, 7) is 6.39. The number of methoxy groups -OCH3 is 2. The topological polar surface area (TPSA) is 175 Å². The summed E-state index contributed by atoms with van der Waals surface area (Å²) < 4.78 is 10.7. The Morgan fingerprint density at radius 1 is 0.961 bits per heavy atom.